The number of amides is 1. The predicted octanol–water partition coefficient (Wildman–Crippen LogP) is 4.22. The summed E-state index contributed by atoms with van der Waals surface area (Å²) in [6, 6.07) is 11.6. The number of fused-ring (bicyclic) bond motifs is 1. The molecule has 2 fully saturated rings. The van der Waals surface area contributed by atoms with E-state index < -0.39 is 0 Å². The molecule has 1 aromatic heterocycles. The van der Waals surface area contributed by atoms with Gasteiger partial charge in [-0.2, -0.15) is 16.9 Å². The van der Waals surface area contributed by atoms with Crippen LogP contribution >= 0.6 is 11.8 Å². The van der Waals surface area contributed by atoms with E-state index in [1.165, 1.54) is 36.1 Å². The van der Waals surface area contributed by atoms with Crippen molar-refractivity contribution >= 4 is 17.7 Å². The van der Waals surface area contributed by atoms with E-state index in [1.807, 2.05) is 16.7 Å². The van der Waals surface area contributed by atoms with Crippen LogP contribution in [0, 0.1) is 0 Å². The van der Waals surface area contributed by atoms with E-state index in [-0.39, 0.29) is 5.91 Å². The second kappa shape index (κ2) is 10.0. The number of hydrogen-bond donors (Lipinski definition) is 0. The molecule has 0 bridgehead atoms. The molecule has 1 amide bonds. The first-order valence-electron chi connectivity index (χ1n) is 12.5. The van der Waals surface area contributed by atoms with Crippen molar-refractivity contribution in [1.29, 1.82) is 0 Å². The highest BCUT2D eigenvalue weighted by Gasteiger charge is 2.34. The molecular weight excluding hydrogens is 416 g/mol. The van der Waals surface area contributed by atoms with E-state index in [0.717, 1.165) is 69.2 Å². The van der Waals surface area contributed by atoms with Crippen molar-refractivity contribution in [1.82, 2.24) is 19.6 Å². The number of aryl methyl sites for hydroxylation is 1. The Morgan fingerprint density at radius 3 is 2.53 bits per heavy atom. The Morgan fingerprint density at radius 2 is 1.81 bits per heavy atom. The number of hydrogen-bond acceptors (Lipinski definition) is 4. The van der Waals surface area contributed by atoms with Crippen LogP contribution < -0.4 is 0 Å². The lowest BCUT2D eigenvalue weighted by Crippen LogP contribution is -2.44. The zero-order valence-electron chi connectivity index (χ0n) is 19.3. The summed E-state index contributed by atoms with van der Waals surface area (Å²) in [5, 5.41) is 4.89. The summed E-state index contributed by atoms with van der Waals surface area (Å²) in [6.07, 6.45) is 6.75. The fourth-order valence-electron chi connectivity index (χ4n) is 5.79. The molecule has 32 heavy (non-hydrogen) atoms. The van der Waals surface area contributed by atoms with E-state index >= 15 is 0 Å². The van der Waals surface area contributed by atoms with Gasteiger partial charge in [-0.05, 0) is 63.1 Å². The summed E-state index contributed by atoms with van der Waals surface area (Å²) in [5.41, 5.74) is 4.83. The van der Waals surface area contributed by atoms with E-state index in [0.29, 0.717) is 12.0 Å². The fraction of sp³-hybridized carbons (Fsp3) is 0.615. The molecule has 1 aliphatic carbocycles. The van der Waals surface area contributed by atoms with Crippen molar-refractivity contribution in [2.24, 2.45) is 0 Å². The van der Waals surface area contributed by atoms with Crippen molar-refractivity contribution in [2.45, 2.75) is 64.0 Å². The van der Waals surface area contributed by atoms with E-state index in [4.69, 9.17) is 5.10 Å². The van der Waals surface area contributed by atoms with Crippen molar-refractivity contribution in [3.8, 4) is 0 Å². The number of nitrogens with zero attached hydrogens (tertiary/aromatic N) is 4. The average molecular weight is 453 g/mol. The first-order valence-corrected chi connectivity index (χ1v) is 13.6. The second-order valence-electron chi connectivity index (χ2n) is 9.52. The lowest BCUT2D eigenvalue weighted by Gasteiger charge is -2.39. The zero-order valence-corrected chi connectivity index (χ0v) is 20.2. The van der Waals surface area contributed by atoms with Crippen molar-refractivity contribution < 1.29 is 4.79 Å². The summed E-state index contributed by atoms with van der Waals surface area (Å²) in [5.74, 6) is 2.94. The largest absolute Gasteiger partial charge is 0.336 e. The topological polar surface area (TPSA) is 41.4 Å². The van der Waals surface area contributed by atoms with Gasteiger partial charge in [0.05, 0.1) is 0 Å². The van der Waals surface area contributed by atoms with Crippen LogP contribution in [0.15, 0.2) is 30.3 Å². The maximum Gasteiger partial charge on any atom is 0.274 e. The SMILES string of the molecule is CCCn1nc(C(=O)N2CCSCC2)c2c1CCC(N1CCC(c3ccccc3)CC1)C2. The molecule has 2 aliphatic heterocycles. The highest BCUT2D eigenvalue weighted by atomic mass is 32.2. The molecule has 6 heteroatoms. The molecule has 2 aromatic rings. The summed E-state index contributed by atoms with van der Waals surface area (Å²) in [4.78, 5) is 18.1. The van der Waals surface area contributed by atoms with Gasteiger partial charge in [0.1, 0.15) is 0 Å². The third-order valence-corrected chi connectivity index (χ3v) is 8.52. The van der Waals surface area contributed by atoms with Gasteiger partial charge in [-0.15, -0.1) is 0 Å². The van der Waals surface area contributed by atoms with Gasteiger partial charge >= 0.3 is 0 Å². The molecule has 1 atom stereocenters. The van der Waals surface area contributed by atoms with Crippen LogP contribution in [0.5, 0.6) is 0 Å². The molecule has 0 N–H and O–H groups in total. The van der Waals surface area contributed by atoms with E-state index in [2.05, 4.69) is 46.8 Å². The van der Waals surface area contributed by atoms with E-state index in [9.17, 15) is 4.79 Å². The second-order valence-corrected chi connectivity index (χ2v) is 10.7. The molecule has 3 heterocycles. The quantitative estimate of drug-likeness (QED) is 0.681. The summed E-state index contributed by atoms with van der Waals surface area (Å²) < 4.78 is 2.15. The van der Waals surface area contributed by atoms with Crippen LogP contribution in [0.1, 0.15) is 65.8 Å². The van der Waals surface area contributed by atoms with Gasteiger partial charge in [-0.1, -0.05) is 37.3 Å². The van der Waals surface area contributed by atoms with Crippen molar-refractivity contribution in [3.63, 3.8) is 0 Å². The molecule has 2 saturated heterocycles. The van der Waals surface area contributed by atoms with Gasteiger partial charge in [0.25, 0.3) is 5.91 Å². The predicted molar refractivity (Wildman–Crippen MR) is 132 cm³/mol. The van der Waals surface area contributed by atoms with Crippen molar-refractivity contribution in [2.75, 3.05) is 37.7 Å². The Hall–Kier alpha value is -1.79. The Balaban J connectivity index is 1.31. The van der Waals surface area contributed by atoms with Gasteiger partial charge in [0.2, 0.25) is 0 Å². The first kappa shape index (κ1) is 22.0. The molecule has 5 rings (SSSR count). The van der Waals surface area contributed by atoms with Crippen LogP contribution in [0.4, 0.5) is 0 Å². The minimum Gasteiger partial charge on any atom is -0.336 e. The fourth-order valence-corrected chi connectivity index (χ4v) is 6.69. The summed E-state index contributed by atoms with van der Waals surface area (Å²) in [6.45, 7) is 7.15. The Kier molecular flexibility index (Phi) is 6.88. The van der Waals surface area contributed by atoms with Crippen LogP contribution in [-0.2, 0) is 19.4 Å². The Morgan fingerprint density at radius 1 is 1.06 bits per heavy atom. The Bertz CT molecular complexity index is 913. The highest BCUT2D eigenvalue weighted by molar-refractivity contribution is 7.99. The summed E-state index contributed by atoms with van der Waals surface area (Å²) >= 11 is 1.94. The maximum absolute atomic E-state index is 13.4. The minimum atomic E-state index is 0.167. The number of carbonyl (C=O) groups is 1. The molecule has 3 aliphatic rings. The number of rotatable bonds is 5. The average Bonchev–Trinajstić information content (AvgIpc) is 3.22. The smallest absolute Gasteiger partial charge is 0.274 e. The lowest BCUT2D eigenvalue weighted by atomic mass is 9.85. The normalized spacial score (nSPS) is 22.7. The molecule has 5 nitrogen and oxygen atoms in total. The van der Waals surface area contributed by atoms with Crippen LogP contribution in [-0.4, -0.2) is 69.2 Å². The van der Waals surface area contributed by atoms with Crippen LogP contribution in [0.25, 0.3) is 0 Å². The minimum absolute atomic E-state index is 0.167. The third kappa shape index (κ3) is 4.49. The summed E-state index contributed by atoms with van der Waals surface area (Å²) in [7, 11) is 0. The van der Waals surface area contributed by atoms with Crippen LogP contribution in [0.3, 0.4) is 0 Å². The monoisotopic (exact) mass is 452 g/mol. The number of piperidine rings is 1. The molecule has 0 radical (unpaired) electrons. The van der Waals surface area contributed by atoms with Crippen molar-refractivity contribution in [3.05, 3.63) is 52.8 Å². The number of aromatic nitrogens is 2. The maximum atomic E-state index is 13.4. The molecule has 1 unspecified atom stereocenters. The molecular formula is C26H36N4OS. The number of likely N-dealkylation sites (tertiary alicyclic amines) is 1. The van der Waals surface area contributed by atoms with E-state index in [1.54, 1.807) is 0 Å². The molecule has 0 spiro atoms. The van der Waals surface area contributed by atoms with Gasteiger partial charge < -0.3 is 4.90 Å². The molecule has 172 valence electrons. The standard InChI is InChI=1S/C26H36N4OS/c1-2-12-30-24-9-8-22(28-13-10-21(11-14-28)20-6-4-3-5-7-20)19-23(24)25(27-30)26(31)29-15-17-32-18-16-29/h3-7,21-22H,2,8-19H2,1H3. The lowest BCUT2D eigenvalue weighted by molar-refractivity contribution is 0.0763. The number of thioether (sulfide) groups is 1. The van der Waals surface area contributed by atoms with Gasteiger partial charge in [0, 0.05) is 48.4 Å². The zero-order chi connectivity index (χ0) is 21.9. The highest BCUT2D eigenvalue weighted by Crippen LogP contribution is 2.33. The third-order valence-electron chi connectivity index (χ3n) is 7.57. The number of carbonyl (C=O) groups excluding carboxylic acids is 1. The molecule has 0 saturated carbocycles. The van der Waals surface area contributed by atoms with Gasteiger partial charge in [-0.3, -0.25) is 14.4 Å². The number of benzene rings is 1. The van der Waals surface area contributed by atoms with Crippen LogP contribution in [0.2, 0.25) is 0 Å². The van der Waals surface area contributed by atoms with Gasteiger partial charge in [0.15, 0.2) is 5.69 Å². The Labute approximate surface area is 196 Å². The molecule has 1 aromatic carbocycles. The van der Waals surface area contributed by atoms with Gasteiger partial charge in [-0.25, -0.2) is 0 Å². The first-order chi connectivity index (χ1) is 15.7.